The Bertz CT molecular complexity index is 789. The van der Waals surface area contributed by atoms with Crippen LogP contribution in [0.1, 0.15) is 49.5 Å². The number of carbonyl (C=O) groups is 2. The van der Waals surface area contributed by atoms with Gasteiger partial charge in [0, 0.05) is 11.5 Å². The molecule has 0 aromatic heterocycles. The first kappa shape index (κ1) is 21.5. The number of amides is 1. The predicted molar refractivity (Wildman–Crippen MR) is 94.9 cm³/mol. The van der Waals surface area contributed by atoms with Gasteiger partial charge in [-0.2, -0.15) is 13.2 Å². The topological polar surface area (TPSA) is 55.8 Å². The highest BCUT2D eigenvalue weighted by molar-refractivity contribution is 5.99. The van der Waals surface area contributed by atoms with Gasteiger partial charge in [0.05, 0.1) is 30.9 Å². The van der Waals surface area contributed by atoms with Gasteiger partial charge in [0.25, 0.3) is 0 Å². The van der Waals surface area contributed by atoms with E-state index >= 15 is 0 Å². The summed E-state index contributed by atoms with van der Waals surface area (Å²) in [5.41, 5.74) is -2.53. The molecule has 2 aliphatic rings. The first-order valence-corrected chi connectivity index (χ1v) is 9.37. The number of fused-ring (bicyclic) bond motifs is 2. The fourth-order valence-corrected chi connectivity index (χ4v) is 3.93. The quantitative estimate of drug-likeness (QED) is 0.527. The van der Waals surface area contributed by atoms with Crippen LogP contribution in [0.25, 0.3) is 0 Å². The molecule has 29 heavy (non-hydrogen) atoms. The molecule has 0 spiro atoms. The van der Waals surface area contributed by atoms with Crippen LogP contribution in [0.4, 0.5) is 22.4 Å². The number of Topliss-reactive ketones (excluding diaryl/α,β-unsaturated/α-hetero) is 1. The molecule has 2 heterocycles. The Kier molecular flexibility index (Phi) is 5.64. The number of benzene rings is 1. The van der Waals surface area contributed by atoms with E-state index in [1.165, 1.54) is 4.90 Å². The lowest BCUT2D eigenvalue weighted by Crippen LogP contribution is -2.60. The van der Waals surface area contributed by atoms with Gasteiger partial charge in [-0.05, 0) is 51.8 Å². The zero-order valence-corrected chi connectivity index (χ0v) is 16.4. The summed E-state index contributed by atoms with van der Waals surface area (Å²) in [7, 11) is 0. The molecule has 2 saturated heterocycles. The molecule has 0 aliphatic carbocycles. The fourth-order valence-electron chi connectivity index (χ4n) is 3.93. The Morgan fingerprint density at radius 2 is 1.69 bits per heavy atom. The normalized spacial score (nSPS) is 24.9. The van der Waals surface area contributed by atoms with Crippen LogP contribution in [0, 0.1) is 11.7 Å². The summed E-state index contributed by atoms with van der Waals surface area (Å²) < 4.78 is 64.2. The van der Waals surface area contributed by atoms with Gasteiger partial charge in [-0.3, -0.25) is 9.69 Å². The lowest BCUT2D eigenvalue weighted by atomic mass is 9.80. The van der Waals surface area contributed by atoms with E-state index in [2.05, 4.69) is 0 Å². The van der Waals surface area contributed by atoms with Gasteiger partial charge in [-0.1, -0.05) is 0 Å². The molecular formula is C20H23F4NO4. The number of carbonyl (C=O) groups excluding carboxylic acids is 2. The number of alkyl halides is 3. The van der Waals surface area contributed by atoms with E-state index in [9.17, 15) is 27.2 Å². The fraction of sp³-hybridized carbons (Fsp3) is 0.600. The summed E-state index contributed by atoms with van der Waals surface area (Å²) in [4.78, 5) is 27.0. The van der Waals surface area contributed by atoms with Crippen molar-refractivity contribution in [3.05, 3.63) is 35.1 Å². The van der Waals surface area contributed by atoms with E-state index in [1.807, 2.05) is 0 Å². The minimum absolute atomic E-state index is 0.156. The molecule has 0 saturated carbocycles. The van der Waals surface area contributed by atoms with Gasteiger partial charge in [-0.15, -0.1) is 0 Å². The number of halogens is 4. The van der Waals surface area contributed by atoms with Crippen molar-refractivity contribution in [3.8, 4) is 0 Å². The molecule has 1 aromatic carbocycles. The van der Waals surface area contributed by atoms with Crippen molar-refractivity contribution >= 4 is 11.9 Å². The standard InChI is InChI=1S/C20H23F4NO4/c1-19(2,3)29-18(27)25-13-6-11(7-14(25)10-28-9-13)17(26)15-5-4-12(21)8-16(15)20(22,23)24/h4-5,8,11,13-14H,6-7,9-10H2,1-3H3. The highest BCUT2D eigenvalue weighted by Crippen LogP contribution is 2.38. The molecular weight excluding hydrogens is 394 g/mol. The predicted octanol–water partition coefficient (Wildman–Crippen LogP) is 4.44. The molecule has 3 rings (SSSR count). The van der Waals surface area contributed by atoms with Crippen LogP contribution < -0.4 is 0 Å². The van der Waals surface area contributed by atoms with Gasteiger partial charge < -0.3 is 9.47 Å². The maximum Gasteiger partial charge on any atom is 0.417 e. The summed E-state index contributed by atoms with van der Waals surface area (Å²) in [6.07, 6.45) is -5.06. The molecule has 160 valence electrons. The molecule has 5 nitrogen and oxygen atoms in total. The molecule has 2 unspecified atom stereocenters. The van der Waals surface area contributed by atoms with Crippen LogP contribution in [0.2, 0.25) is 0 Å². The second-order valence-electron chi connectivity index (χ2n) is 8.45. The summed E-state index contributed by atoms with van der Waals surface area (Å²) in [6.45, 7) is 5.56. The van der Waals surface area contributed by atoms with Crippen LogP contribution in [-0.2, 0) is 15.7 Å². The van der Waals surface area contributed by atoms with E-state index in [4.69, 9.17) is 9.47 Å². The third kappa shape index (κ3) is 4.71. The number of rotatable bonds is 2. The zero-order valence-electron chi connectivity index (χ0n) is 16.4. The van der Waals surface area contributed by atoms with Crippen LogP contribution in [0.5, 0.6) is 0 Å². The molecule has 2 aliphatic heterocycles. The summed E-state index contributed by atoms with van der Waals surface area (Å²) in [5, 5.41) is 0. The SMILES string of the molecule is CC(C)(C)OC(=O)N1C2COCC1CC(C(=O)c1ccc(F)cc1C(F)(F)F)C2. The Balaban J connectivity index is 1.83. The molecule has 2 bridgehead atoms. The zero-order chi connectivity index (χ0) is 21.6. The van der Waals surface area contributed by atoms with Crippen LogP contribution in [0.3, 0.4) is 0 Å². The van der Waals surface area contributed by atoms with E-state index in [0.29, 0.717) is 6.07 Å². The van der Waals surface area contributed by atoms with Crippen LogP contribution in [0.15, 0.2) is 18.2 Å². The maximum absolute atomic E-state index is 13.4. The molecule has 2 fully saturated rings. The average molecular weight is 417 g/mol. The number of nitrogens with zero attached hydrogens (tertiary/aromatic N) is 1. The third-order valence-corrected chi connectivity index (χ3v) is 5.05. The van der Waals surface area contributed by atoms with Crippen molar-refractivity contribution in [2.45, 2.75) is 57.5 Å². The van der Waals surface area contributed by atoms with E-state index in [1.54, 1.807) is 20.8 Å². The van der Waals surface area contributed by atoms with Crippen molar-refractivity contribution in [1.82, 2.24) is 4.90 Å². The molecule has 9 heteroatoms. The van der Waals surface area contributed by atoms with Gasteiger partial charge in [-0.25, -0.2) is 9.18 Å². The highest BCUT2D eigenvalue weighted by Gasteiger charge is 2.46. The lowest BCUT2D eigenvalue weighted by Gasteiger charge is -2.47. The molecule has 2 atom stereocenters. The smallest absolute Gasteiger partial charge is 0.417 e. The van der Waals surface area contributed by atoms with Gasteiger partial charge in [0.2, 0.25) is 0 Å². The molecule has 1 aromatic rings. The Morgan fingerprint density at radius 1 is 1.10 bits per heavy atom. The molecule has 0 radical (unpaired) electrons. The highest BCUT2D eigenvalue weighted by atomic mass is 19.4. The second-order valence-corrected chi connectivity index (χ2v) is 8.45. The number of ketones is 1. The molecule has 0 N–H and O–H groups in total. The summed E-state index contributed by atoms with van der Waals surface area (Å²) in [5.74, 6) is -2.48. The minimum Gasteiger partial charge on any atom is -0.444 e. The van der Waals surface area contributed by atoms with Crippen molar-refractivity contribution < 1.29 is 36.6 Å². The maximum atomic E-state index is 13.4. The molecule has 1 amide bonds. The van der Waals surface area contributed by atoms with Crippen LogP contribution >= 0.6 is 0 Å². The Labute approximate surface area is 166 Å². The van der Waals surface area contributed by atoms with Crippen molar-refractivity contribution in [3.63, 3.8) is 0 Å². The van der Waals surface area contributed by atoms with Gasteiger partial charge in [0.15, 0.2) is 5.78 Å². The van der Waals surface area contributed by atoms with Crippen molar-refractivity contribution in [1.29, 1.82) is 0 Å². The first-order valence-electron chi connectivity index (χ1n) is 9.37. The van der Waals surface area contributed by atoms with Crippen LogP contribution in [-0.4, -0.2) is 47.7 Å². The minimum atomic E-state index is -4.84. The second kappa shape index (κ2) is 7.59. The number of morpholine rings is 1. The third-order valence-electron chi connectivity index (χ3n) is 5.05. The number of hydrogen-bond donors (Lipinski definition) is 0. The van der Waals surface area contributed by atoms with E-state index in [0.717, 1.165) is 12.1 Å². The van der Waals surface area contributed by atoms with Crippen molar-refractivity contribution in [2.24, 2.45) is 5.92 Å². The van der Waals surface area contributed by atoms with Gasteiger partial charge >= 0.3 is 12.3 Å². The Hall–Kier alpha value is -2.16. The van der Waals surface area contributed by atoms with E-state index in [-0.39, 0.29) is 26.1 Å². The monoisotopic (exact) mass is 417 g/mol. The lowest BCUT2D eigenvalue weighted by molar-refractivity contribution is -0.138. The number of ether oxygens (including phenoxy) is 2. The van der Waals surface area contributed by atoms with E-state index < -0.39 is 58.6 Å². The number of hydrogen-bond acceptors (Lipinski definition) is 4. The van der Waals surface area contributed by atoms with Crippen molar-refractivity contribution in [2.75, 3.05) is 13.2 Å². The first-order chi connectivity index (χ1) is 13.4. The van der Waals surface area contributed by atoms with Gasteiger partial charge in [0.1, 0.15) is 11.4 Å². The Morgan fingerprint density at radius 3 is 2.21 bits per heavy atom. The average Bonchev–Trinajstić information content (AvgIpc) is 2.57. The largest absolute Gasteiger partial charge is 0.444 e. The summed E-state index contributed by atoms with van der Waals surface area (Å²) >= 11 is 0. The summed E-state index contributed by atoms with van der Waals surface area (Å²) in [6, 6.07) is 1.13. The number of piperidine rings is 1.